The molecular weight excluding hydrogens is 108 g/mol. The molecule has 8 heavy (non-hydrogen) atoms. The van der Waals surface area contributed by atoms with E-state index in [-0.39, 0.29) is 12.8 Å². The molecular formula is C5H7O3. The quantitative estimate of drug-likeness (QED) is 0.499. The van der Waals surface area contributed by atoms with E-state index in [1.54, 1.807) is 0 Å². The van der Waals surface area contributed by atoms with Crippen LogP contribution in [0.2, 0.25) is 0 Å². The first kappa shape index (κ1) is 7.30. The third-order valence-corrected chi connectivity index (χ3v) is 0.687. The second kappa shape index (κ2) is 4.46. The van der Waals surface area contributed by atoms with Gasteiger partial charge in [-0.15, -0.1) is 0 Å². The van der Waals surface area contributed by atoms with Crippen molar-refractivity contribution >= 4 is 12.6 Å². The summed E-state index contributed by atoms with van der Waals surface area (Å²) in [5.41, 5.74) is 0. The van der Waals surface area contributed by atoms with Crippen LogP contribution < -0.4 is 0 Å². The number of carbonyl (C=O) groups is 1. The van der Waals surface area contributed by atoms with Gasteiger partial charge in [-0.2, -0.15) is 0 Å². The Balaban J connectivity index is 3.16. The highest BCUT2D eigenvalue weighted by molar-refractivity contribution is 5.55. The van der Waals surface area contributed by atoms with Gasteiger partial charge < -0.3 is 9.90 Å². The van der Waals surface area contributed by atoms with Crippen molar-refractivity contribution < 1.29 is 14.7 Å². The molecule has 0 saturated heterocycles. The van der Waals surface area contributed by atoms with Crippen molar-refractivity contribution in [2.45, 2.75) is 18.9 Å². The van der Waals surface area contributed by atoms with Crippen LogP contribution in [-0.2, 0) is 9.59 Å². The summed E-state index contributed by atoms with van der Waals surface area (Å²) < 4.78 is 0. The highest BCUT2D eigenvalue weighted by Crippen LogP contribution is 1.89. The Morgan fingerprint density at radius 2 is 2.38 bits per heavy atom. The van der Waals surface area contributed by atoms with Gasteiger partial charge in [-0.25, -0.2) is 0 Å². The first-order valence-corrected chi connectivity index (χ1v) is 2.28. The molecule has 0 amide bonds. The van der Waals surface area contributed by atoms with Crippen LogP contribution in [0.25, 0.3) is 0 Å². The molecule has 3 nitrogen and oxygen atoms in total. The second-order valence-corrected chi connectivity index (χ2v) is 1.40. The van der Waals surface area contributed by atoms with Gasteiger partial charge in [0.2, 0.25) is 6.29 Å². The van der Waals surface area contributed by atoms with Gasteiger partial charge in [-0.05, 0) is 0 Å². The first-order valence-electron chi connectivity index (χ1n) is 2.28. The molecule has 0 aromatic heterocycles. The molecule has 0 aromatic rings. The van der Waals surface area contributed by atoms with Gasteiger partial charge in [0.15, 0.2) is 0 Å². The molecule has 1 atom stereocenters. The molecule has 0 fully saturated rings. The first-order chi connectivity index (χ1) is 3.81. The summed E-state index contributed by atoms with van der Waals surface area (Å²) in [6.07, 6.45) is 1.19. The molecule has 1 unspecified atom stereocenters. The molecule has 0 heterocycles. The zero-order valence-electron chi connectivity index (χ0n) is 4.33. The van der Waals surface area contributed by atoms with Crippen LogP contribution in [0.5, 0.6) is 0 Å². The molecule has 45 valence electrons. The van der Waals surface area contributed by atoms with E-state index in [9.17, 15) is 9.59 Å². The van der Waals surface area contributed by atoms with Crippen molar-refractivity contribution in [3.8, 4) is 0 Å². The van der Waals surface area contributed by atoms with E-state index in [4.69, 9.17) is 5.11 Å². The summed E-state index contributed by atoms with van der Waals surface area (Å²) in [5, 5.41) is 8.56. The molecule has 1 N–H and O–H groups in total. The predicted octanol–water partition coefficient (Wildman–Crippen LogP) is -0.564. The predicted molar refractivity (Wildman–Crippen MR) is 27.0 cm³/mol. The highest BCUT2D eigenvalue weighted by Gasteiger charge is 1.99. The average Bonchev–Trinajstić information content (AvgIpc) is 1.68. The van der Waals surface area contributed by atoms with E-state index in [0.29, 0.717) is 6.29 Å². The summed E-state index contributed by atoms with van der Waals surface area (Å²) in [6, 6.07) is 0. The van der Waals surface area contributed by atoms with Crippen molar-refractivity contribution in [1.29, 1.82) is 0 Å². The molecule has 0 rings (SSSR count). The molecule has 3 heteroatoms. The van der Waals surface area contributed by atoms with Gasteiger partial charge in [0, 0.05) is 12.8 Å². The maximum atomic E-state index is 9.60. The maximum absolute atomic E-state index is 9.60. The Morgan fingerprint density at radius 1 is 1.75 bits per heavy atom. The number of aldehydes is 1. The van der Waals surface area contributed by atoms with E-state index in [1.165, 1.54) is 6.29 Å². The van der Waals surface area contributed by atoms with Crippen molar-refractivity contribution in [3.63, 3.8) is 0 Å². The fourth-order valence-electron chi connectivity index (χ4n) is 0.291. The lowest BCUT2D eigenvalue weighted by Gasteiger charge is -1.96. The molecule has 0 bridgehead atoms. The lowest BCUT2D eigenvalue weighted by Crippen LogP contribution is -2.06. The van der Waals surface area contributed by atoms with Crippen molar-refractivity contribution in [1.82, 2.24) is 0 Å². The van der Waals surface area contributed by atoms with Crippen LogP contribution in [-0.4, -0.2) is 23.8 Å². The Morgan fingerprint density at radius 3 is 2.75 bits per heavy atom. The average molecular weight is 115 g/mol. The van der Waals surface area contributed by atoms with Gasteiger partial charge in [-0.1, -0.05) is 0 Å². The Bertz CT molecular complexity index is 69.7. The smallest absolute Gasteiger partial charge is 0.201 e. The number of hydrogen-bond donors (Lipinski definition) is 1. The minimum absolute atomic E-state index is 0.0231. The molecule has 0 aliphatic rings. The van der Waals surface area contributed by atoms with Crippen LogP contribution in [0.15, 0.2) is 0 Å². The lowest BCUT2D eigenvalue weighted by atomic mass is 10.2. The largest absolute Gasteiger partial charge is 0.392 e. The van der Waals surface area contributed by atoms with Gasteiger partial charge >= 0.3 is 0 Å². The number of rotatable bonds is 4. The fourth-order valence-corrected chi connectivity index (χ4v) is 0.291. The summed E-state index contributed by atoms with van der Waals surface area (Å²) in [4.78, 5) is 19.1. The Hall–Kier alpha value is -0.700. The summed E-state index contributed by atoms with van der Waals surface area (Å²) in [7, 11) is 0. The lowest BCUT2D eigenvalue weighted by molar-refractivity contribution is -0.109. The zero-order chi connectivity index (χ0) is 6.41. The SMILES string of the molecule is O=[C]CC(O)CC=O. The van der Waals surface area contributed by atoms with Crippen LogP contribution in [0.3, 0.4) is 0 Å². The Labute approximate surface area is 47.3 Å². The van der Waals surface area contributed by atoms with Crippen LogP contribution in [0.4, 0.5) is 0 Å². The highest BCUT2D eigenvalue weighted by atomic mass is 16.3. The molecule has 0 saturated carbocycles. The number of aliphatic hydroxyl groups is 1. The number of carbonyl (C=O) groups excluding carboxylic acids is 2. The third kappa shape index (κ3) is 3.49. The minimum atomic E-state index is -0.829. The van der Waals surface area contributed by atoms with Gasteiger partial charge in [0.1, 0.15) is 6.29 Å². The maximum Gasteiger partial charge on any atom is 0.201 e. The van der Waals surface area contributed by atoms with E-state index in [2.05, 4.69) is 0 Å². The topological polar surface area (TPSA) is 54.4 Å². The van der Waals surface area contributed by atoms with Crippen molar-refractivity contribution in [3.05, 3.63) is 0 Å². The van der Waals surface area contributed by atoms with Gasteiger partial charge in [0.25, 0.3) is 0 Å². The van der Waals surface area contributed by atoms with Crippen molar-refractivity contribution in [2.75, 3.05) is 0 Å². The molecule has 1 radical (unpaired) electrons. The van der Waals surface area contributed by atoms with Crippen molar-refractivity contribution in [2.24, 2.45) is 0 Å². The van der Waals surface area contributed by atoms with Crippen LogP contribution >= 0.6 is 0 Å². The molecule has 0 spiro atoms. The van der Waals surface area contributed by atoms with Crippen LogP contribution in [0.1, 0.15) is 12.8 Å². The number of aliphatic hydroxyl groups excluding tert-OH is 1. The van der Waals surface area contributed by atoms with E-state index in [0.717, 1.165) is 0 Å². The molecule has 0 aliphatic carbocycles. The third-order valence-electron chi connectivity index (χ3n) is 0.687. The molecule has 0 aliphatic heterocycles. The monoisotopic (exact) mass is 115 g/mol. The summed E-state index contributed by atoms with van der Waals surface area (Å²) in [5.74, 6) is 0. The normalized spacial score (nSPS) is 9.25. The van der Waals surface area contributed by atoms with E-state index < -0.39 is 6.10 Å². The Kier molecular flexibility index (Phi) is 4.07. The fraction of sp³-hybridized carbons (Fsp3) is 0.600. The second-order valence-electron chi connectivity index (χ2n) is 1.40. The van der Waals surface area contributed by atoms with E-state index >= 15 is 0 Å². The molecule has 0 aromatic carbocycles. The van der Waals surface area contributed by atoms with Crippen LogP contribution in [0, 0.1) is 0 Å². The van der Waals surface area contributed by atoms with Gasteiger partial charge in [-0.3, -0.25) is 4.79 Å². The number of hydrogen-bond acceptors (Lipinski definition) is 3. The van der Waals surface area contributed by atoms with E-state index in [1.807, 2.05) is 0 Å². The van der Waals surface area contributed by atoms with Gasteiger partial charge in [0.05, 0.1) is 6.10 Å². The summed E-state index contributed by atoms with van der Waals surface area (Å²) in [6.45, 7) is 0. The minimum Gasteiger partial charge on any atom is -0.392 e. The standard InChI is InChI=1S/C5H7O3/c6-3-1-5(8)2-4-7/h3,5,8H,1-2H2. The summed E-state index contributed by atoms with van der Waals surface area (Å²) >= 11 is 0. The zero-order valence-corrected chi connectivity index (χ0v) is 4.33.